The van der Waals surface area contributed by atoms with Crippen LogP contribution in [0.4, 0.5) is 0 Å². The van der Waals surface area contributed by atoms with E-state index in [9.17, 15) is 5.11 Å². The van der Waals surface area contributed by atoms with Crippen LogP contribution in [-0.4, -0.2) is 55.5 Å². The van der Waals surface area contributed by atoms with Crippen molar-refractivity contribution in [2.24, 2.45) is 0 Å². The van der Waals surface area contributed by atoms with Crippen LogP contribution in [0.1, 0.15) is 20.8 Å². The maximum Gasteiger partial charge on any atom is 0.280 e. The molecule has 0 aromatic heterocycles. The van der Waals surface area contributed by atoms with Crippen LogP contribution in [0.15, 0.2) is 0 Å². The minimum atomic E-state index is -1.14. The Morgan fingerprint density at radius 2 is 1.94 bits per heavy atom. The van der Waals surface area contributed by atoms with Crippen LogP contribution in [0.2, 0.25) is 0 Å². The van der Waals surface area contributed by atoms with Gasteiger partial charge in [0.1, 0.15) is 18.3 Å². The molecule has 2 aliphatic rings. The van der Waals surface area contributed by atoms with Crippen LogP contribution in [0.3, 0.4) is 0 Å². The topological polar surface area (TPSA) is 66.4 Å². The second-order valence-corrected chi connectivity index (χ2v) is 4.40. The zero-order valence-electron chi connectivity index (χ0n) is 10.6. The van der Waals surface area contributed by atoms with Gasteiger partial charge in [-0.1, -0.05) is 0 Å². The zero-order valence-corrected chi connectivity index (χ0v) is 10.6. The highest BCUT2D eigenvalue weighted by Gasteiger charge is 2.56. The number of aliphatic hydroxyl groups excluding tert-OH is 1. The van der Waals surface area contributed by atoms with Gasteiger partial charge in [0, 0.05) is 20.6 Å². The Labute approximate surface area is 101 Å². The Hall–Kier alpha value is -0.240. The molecular formula is C11H20O6. The van der Waals surface area contributed by atoms with Crippen molar-refractivity contribution in [1.82, 2.24) is 0 Å². The van der Waals surface area contributed by atoms with Gasteiger partial charge < -0.3 is 28.8 Å². The van der Waals surface area contributed by atoms with Gasteiger partial charge >= 0.3 is 0 Å². The standard InChI is InChI=1S/C11H20O6/c1-5-14-11(3)16-8-7(12)6(2)15-10(13-4)9(8)17-11/h6-10,12H,5H2,1-4H3/t6-,7-,8+,9+,10+,11?/m0/s1. The van der Waals surface area contributed by atoms with Gasteiger partial charge in [-0.2, -0.15) is 0 Å². The number of ether oxygens (including phenoxy) is 5. The van der Waals surface area contributed by atoms with Gasteiger partial charge in [0.05, 0.1) is 6.10 Å². The fraction of sp³-hybridized carbons (Fsp3) is 1.00. The summed E-state index contributed by atoms with van der Waals surface area (Å²) >= 11 is 0. The average molecular weight is 248 g/mol. The van der Waals surface area contributed by atoms with E-state index in [0.717, 1.165) is 0 Å². The van der Waals surface area contributed by atoms with E-state index in [1.807, 2.05) is 6.92 Å². The van der Waals surface area contributed by atoms with Crippen molar-refractivity contribution in [3.63, 3.8) is 0 Å². The van der Waals surface area contributed by atoms with E-state index >= 15 is 0 Å². The average Bonchev–Trinajstić information content (AvgIpc) is 2.62. The Bertz CT molecular complexity index is 265. The Balaban J connectivity index is 2.14. The summed E-state index contributed by atoms with van der Waals surface area (Å²) < 4.78 is 27.4. The van der Waals surface area contributed by atoms with Crippen molar-refractivity contribution in [2.45, 2.75) is 57.5 Å². The molecule has 2 aliphatic heterocycles. The van der Waals surface area contributed by atoms with Crippen LogP contribution in [-0.2, 0) is 23.7 Å². The summed E-state index contributed by atoms with van der Waals surface area (Å²) in [5, 5.41) is 10.0. The number of hydrogen-bond acceptors (Lipinski definition) is 6. The predicted molar refractivity (Wildman–Crippen MR) is 57.1 cm³/mol. The molecule has 6 atom stereocenters. The maximum atomic E-state index is 10.0. The fourth-order valence-corrected chi connectivity index (χ4v) is 2.29. The van der Waals surface area contributed by atoms with E-state index in [1.165, 1.54) is 7.11 Å². The second kappa shape index (κ2) is 4.79. The monoisotopic (exact) mass is 248 g/mol. The van der Waals surface area contributed by atoms with Gasteiger partial charge in [0.2, 0.25) is 0 Å². The maximum absolute atomic E-state index is 10.0. The molecule has 6 heteroatoms. The molecule has 0 saturated carbocycles. The minimum absolute atomic E-state index is 0.367. The molecule has 0 aliphatic carbocycles. The van der Waals surface area contributed by atoms with Gasteiger partial charge in [-0.15, -0.1) is 0 Å². The molecular weight excluding hydrogens is 228 g/mol. The molecule has 0 radical (unpaired) electrons. The molecule has 6 nitrogen and oxygen atoms in total. The van der Waals surface area contributed by atoms with Crippen molar-refractivity contribution in [3.05, 3.63) is 0 Å². The van der Waals surface area contributed by atoms with Gasteiger partial charge in [-0.3, -0.25) is 0 Å². The van der Waals surface area contributed by atoms with Crippen LogP contribution in [0, 0.1) is 0 Å². The SMILES string of the molecule is CCOC1(C)O[C@@H]2[C@@H](O)[C@H](C)O[C@@H](OC)[C@@H]2O1. The lowest BCUT2D eigenvalue weighted by molar-refractivity contribution is -0.335. The summed E-state index contributed by atoms with van der Waals surface area (Å²) in [6.45, 7) is 5.76. The molecule has 2 heterocycles. The molecule has 1 unspecified atom stereocenters. The summed E-state index contributed by atoms with van der Waals surface area (Å²) in [5.74, 6) is -1.14. The third-order valence-electron chi connectivity index (χ3n) is 3.10. The number of hydrogen-bond donors (Lipinski definition) is 1. The van der Waals surface area contributed by atoms with Crippen molar-refractivity contribution < 1.29 is 28.8 Å². The summed E-state index contributed by atoms with van der Waals surface area (Å²) in [4.78, 5) is 0. The quantitative estimate of drug-likeness (QED) is 0.771. The van der Waals surface area contributed by atoms with E-state index in [0.29, 0.717) is 6.61 Å². The molecule has 100 valence electrons. The van der Waals surface area contributed by atoms with E-state index < -0.39 is 30.6 Å². The number of fused-ring (bicyclic) bond motifs is 1. The van der Waals surface area contributed by atoms with E-state index in [1.54, 1.807) is 13.8 Å². The number of methoxy groups -OCH3 is 1. The number of aliphatic hydroxyl groups is 1. The fourth-order valence-electron chi connectivity index (χ4n) is 2.29. The highest BCUT2D eigenvalue weighted by Crippen LogP contribution is 2.38. The van der Waals surface area contributed by atoms with Crippen LogP contribution in [0.25, 0.3) is 0 Å². The van der Waals surface area contributed by atoms with Crippen molar-refractivity contribution in [1.29, 1.82) is 0 Å². The first-order chi connectivity index (χ1) is 8.00. The van der Waals surface area contributed by atoms with Gasteiger partial charge in [0.25, 0.3) is 5.97 Å². The Kier molecular flexibility index (Phi) is 3.72. The minimum Gasteiger partial charge on any atom is -0.388 e. The normalized spacial score (nSPS) is 50.3. The lowest BCUT2D eigenvalue weighted by atomic mass is 10.0. The first-order valence-electron chi connectivity index (χ1n) is 5.86. The van der Waals surface area contributed by atoms with E-state index in [2.05, 4.69) is 0 Å². The molecule has 0 spiro atoms. The molecule has 0 aromatic rings. The highest BCUT2D eigenvalue weighted by atomic mass is 16.9. The summed E-state index contributed by atoms with van der Waals surface area (Å²) in [5.41, 5.74) is 0. The third kappa shape index (κ3) is 2.33. The molecule has 0 bridgehead atoms. The Morgan fingerprint density at radius 1 is 1.29 bits per heavy atom. The van der Waals surface area contributed by atoms with Gasteiger partial charge in [-0.05, 0) is 13.8 Å². The molecule has 2 fully saturated rings. The zero-order chi connectivity index (χ0) is 12.6. The van der Waals surface area contributed by atoms with Crippen molar-refractivity contribution in [2.75, 3.05) is 13.7 Å². The van der Waals surface area contributed by atoms with Crippen molar-refractivity contribution >= 4 is 0 Å². The van der Waals surface area contributed by atoms with Gasteiger partial charge in [-0.25, -0.2) is 0 Å². The van der Waals surface area contributed by atoms with E-state index in [-0.39, 0.29) is 6.10 Å². The largest absolute Gasteiger partial charge is 0.388 e. The molecule has 2 rings (SSSR count). The molecule has 0 amide bonds. The lowest BCUT2D eigenvalue weighted by Gasteiger charge is -2.37. The van der Waals surface area contributed by atoms with E-state index in [4.69, 9.17) is 23.7 Å². The smallest absolute Gasteiger partial charge is 0.280 e. The predicted octanol–water partition coefficient (Wildman–Crippen LogP) is 0.233. The highest BCUT2D eigenvalue weighted by molar-refractivity contribution is 4.94. The first-order valence-corrected chi connectivity index (χ1v) is 5.86. The number of rotatable bonds is 3. The van der Waals surface area contributed by atoms with Crippen LogP contribution < -0.4 is 0 Å². The second-order valence-electron chi connectivity index (χ2n) is 4.40. The third-order valence-corrected chi connectivity index (χ3v) is 3.10. The van der Waals surface area contributed by atoms with Crippen LogP contribution in [0.5, 0.6) is 0 Å². The molecule has 2 saturated heterocycles. The first kappa shape index (κ1) is 13.2. The van der Waals surface area contributed by atoms with Gasteiger partial charge in [0.15, 0.2) is 6.29 Å². The molecule has 1 N–H and O–H groups in total. The Morgan fingerprint density at radius 3 is 2.53 bits per heavy atom. The van der Waals surface area contributed by atoms with Crippen molar-refractivity contribution in [3.8, 4) is 0 Å². The summed E-state index contributed by atoms with van der Waals surface area (Å²) in [7, 11) is 1.53. The van der Waals surface area contributed by atoms with Crippen LogP contribution >= 0.6 is 0 Å². The molecule has 17 heavy (non-hydrogen) atoms. The summed E-state index contributed by atoms with van der Waals surface area (Å²) in [6, 6.07) is 0. The lowest BCUT2D eigenvalue weighted by Crippen LogP contribution is -2.55. The molecule has 0 aromatic carbocycles. The summed E-state index contributed by atoms with van der Waals surface area (Å²) in [6.07, 6.45) is -2.66.